The second kappa shape index (κ2) is 7.89. The van der Waals surface area contributed by atoms with Crippen molar-refractivity contribution in [2.75, 3.05) is 15.8 Å². The summed E-state index contributed by atoms with van der Waals surface area (Å²) in [6.45, 7) is 3.50. The van der Waals surface area contributed by atoms with Gasteiger partial charge in [-0.15, -0.1) is 0 Å². The Bertz CT molecular complexity index is 1180. The van der Waals surface area contributed by atoms with E-state index in [9.17, 15) is 18.0 Å². The van der Waals surface area contributed by atoms with Crippen LogP contribution in [0.5, 0.6) is 0 Å². The third-order valence-electron chi connectivity index (χ3n) is 4.29. The molecule has 1 amide bonds. The van der Waals surface area contributed by atoms with Crippen LogP contribution in [0.1, 0.15) is 18.9 Å². The number of aryl methyl sites for hydroxylation is 2. The summed E-state index contributed by atoms with van der Waals surface area (Å²) in [6, 6.07) is 11.9. The Morgan fingerprint density at radius 3 is 2.64 bits per heavy atom. The Labute approximate surface area is 162 Å². The molecule has 28 heavy (non-hydrogen) atoms. The molecule has 2 N–H and O–H groups in total. The summed E-state index contributed by atoms with van der Waals surface area (Å²) in [5.74, 6) is -0.789. The van der Waals surface area contributed by atoms with Crippen molar-refractivity contribution in [2.45, 2.75) is 26.8 Å². The average Bonchev–Trinajstić information content (AvgIpc) is 2.97. The first kappa shape index (κ1) is 19.7. The summed E-state index contributed by atoms with van der Waals surface area (Å²) in [5, 5.41) is 2.75. The monoisotopic (exact) mass is 403 g/mol. The summed E-state index contributed by atoms with van der Waals surface area (Å²) in [4.78, 5) is 24.2. The highest BCUT2D eigenvalue weighted by Gasteiger charge is 2.12. The molecule has 0 bridgehead atoms. The number of carbonyl (C=O) groups is 1. The van der Waals surface area contributed by atoms with Crippen molar-refractivity contribution in [3.8, 4) is 0 Å². The first-order valence-corrected chi connectivity index (χ1v) is 10.4. The number of benzene rings is 2. The lowest BCUT2D eigenvalue weighted by molar-refractivity contribution is -0.116. The summed E-state index contributed by atoms with van der Waals surface area (Å²) >= 11 is 0. The minimum Gasteiger partial charge on any atom is -0.408 e. The van der Waals surface area contributed by atoms with Crippen LogP contribution in [0, 0.1) is 6.92 Å². The second-order valence-corrected chi connectivity index (χ2v) is 8.33. The number of sulfonamides is 1. The van der Waals surface area contributed by atoms with Crippen molar-refractivity contribution in [2.24, 2.45) is 0 Å². The van der Waals surface area contributed by atoms with E-state index in [1.807, 2.05) is 0 Å². The normalized spacial score (nSPS) is 11.5. The standard InChI is InChI=1S/C19H21N3O5S/c1-3-28(25,26)21-15-9-8-14(12-13(15)2)20-18(23)10-11-22-16-6-4-5-7-17(16)27-19(22)24/h4-9,12,21H,3,10-11H2,1-2H3,(H,20,23). The molecule has 0 saturated heterocycles. The molecule has 0 radical (unpaired) electrons. The summed E-state index contributed by atoms with van der Waals surface area (Å²) in [7, 11) is -3.37. The summed E-state index contributed by atoms with van der Waals surface area (Å²) in [5.41, 5.74) is 2.83. The Balaban J connectivity index is 1.66. The Morgan fingerprint density at radius 2 is 1.93 bits per heavy atom. The molecule has 0 fully saturated rings. The van der Waals surface area contributed by atoms with Crippen LogP contribution in [0.15, 0.2) is 51.7 Å². The number of carbonyl (C=O) groups excluding carboxylic acids is 1. The van der Waals surface area contributed by atoms with E-state index in [1.165, 1.54) is 4.57 Å². The molecule has 1 aromatic heterocycles. The number of amides is 1. The molecule has 0 saturated carbocycles. The van der Waals surface area contributed by atoms with E-state index in [-0.39, 0.29) is 24.6 Å². The molecular formula is C19H21N3O5S. The predicted molar refractivity (Wildman–Crippen MR) is 108 cm³/mol. The van der Waals surface area contributed by atoms with Gasteiger partial charge < -0.3 is 9.73 Å². The number of aromatic nitrogens is 1. The lowest BCUT2D eigenvalue weighted by Gasteiger charge is -2.12. The molecule has 3 rings (SSSR count). The molecule has 9 heteroatoms. The SMILES string of the molecule is CCS(=O)(=O)Nc1ccc(NC(=O)CCn2c(=O)oc3ccccc32)cc1C. The van der Waals surface area contributed by atoms with Crippen molar-refractivity contribution in [3.05, 3.63) is 58.6 Å². The maximum atomic E-state index is 12.3. The highest BCUT2D eigenvalue weighted by molar-refractivity contribution is 7.92. The molecule has 0 aliphatic heterocycles. The number of fused-ring (bicyclic) bond motifs is 1. The van der Waals surface area contributed by atoms with E-state index < -0.39 is 15.8 Å². The maximum absolute atomic E-state index is 12.3. The van der Waals surface area contributed by atoms with E-state index in [2.05, 4.69) is 10.0 Å². The minimum atomic E-state index is -3.37. The van der Waals surface area contributed by atoms with E-state index in [0.717, 1.165) is 0 Å². The lowest BCUT2D eigenvalue weighted by Crippen LogP contribution is -2.20. The van der Waals surface area contributed by atoms with Gasteiger partial charge in [0.15, 0.2) is 5.58 Å². The first-order chi connectivity index (χ1) is 13.3. The second-order valence-electron chi connectivity index (χ2n) is 6.32. The highest BCUT2D eigenvalue weighted by Crippen LogP contribution is 2.21. The molecule has 0 aliphatic rings. The zero-order valence-corrected chi connectivity index (χ0v) is 16.4. The van der Waals surface area contributed by atoms with E-state index in [4.69, 9.17) is 4.42 Å². The smallest absolute Gasteiger partial charge is 0.408 e. The van der Waals surface area contributed by atoms with E-state index in [1.54, 1.807) is 56.3 Å². The van der Waals surface area contributed by atoms with Gasteiger partial charge in [-0.2, -0.15) is 0 Å². The van der Waals surface area contributed by atoms with Crippen LogP contribution < -0.4 is 15.8 Å². The van der Waals surface area contributed by atoms with Gasteiger partial charge in [-0.05, 0) is 49.7 Å². The van der Waals surface area contributed by atoms with Gasteiger partial charge in [0.1, 0.15) is 0 Å². The molecule has 0 unspecified atom stereocenters. The number of hydrogen-bond acceptors (Lipinski definition) is 5. The number of para-hydroxylation sites is 2. The number of rotatable bonds is 7. The fourth-order valence-electron chi connectivity index (χ4n) is 2.76. The van der Waals surface area contributed by atoms with E-state index in [0.29, 0.717) is 28.0 Å². The molecule has 2 aromatic carbocycles. The van der Waals surface area contributed by atoms with Crippen LogP contribution in [-0.2, 0) is 21.4 Å². The van der Waals surface area contributed by atoms with Gasteiger partial charge in [0.25, 0.3) is 0 Å². The van der Waals surface area contributed by atoms with Crippen LogP contribution in [-0.4, -0.2) is 24.6 Å². The van der Waals surface area contributed by atoms with Crippen LogP contribution in [0.2, 0.25) is 0 Å². The van der Waals surface area contributed by atoms with Crippen molar-refractivity contribution < 1.29 is 17.6 Å². The average molecular weight is 403 g/mol. The molecule has 0 aliphatic carbocycles. The number of nitrogens with zero attached hydrogens (tertiary/aromatic N) is 1. The third kappa shape index (κ3) is 4.42. The Morgan fingerprint density at radius 1 is 1.18 bits per heavy atom. The third-order valence-corrected chi connectivity index (χ3v) is 5.58. The van der Waals surface area contributed by atoms with Gasteiger partial charge in [-0.1, -0.05) is 12.1 Å². The fourth-order valence-corrected chi connectivity index (χ4v) is 3.47. The van der Waals surface area contributed by atoms with Crippen molar-refractivity contribution in [1.29, 1.82) is 0 Å². The highest BCUT2D eigenvalue weighted by atomic mass is 32.2. The maximum Gasteiger partial charge on any atom is 0.419 e. The van der Waals surface area contributed by atoms with Gasteiger partial charge in [-0.3, -0.25) is 14.1 Å². The van der Waals surface area contributed by atoms with Gasteiger partial charge in [0, 0.05) is 18.7 Å². The van der Waals surface area contributed by atoms with Crippen LogP contribution >= 0.6 is 0 Å². The Kier molecular flexibility index (Phi) is 5.55. The van der Waals surface area contributed by atoms with Gasteiger partial charge >= 0.3 is 5.76 Å². The molecular weight excluding hydrogens is 382 g/mol. The van der Waals surface area contributed by atoms with Crippen molar-refractivity contribution in [1.82, 2.24) is 4.57 Å². The van der Waals surface area contributed by atoms with Gasteiger partial charge in [-0.25, -0.2) is 13.2 Å². The number of anilines is 2. The lowest BCUT2D eigenvalue weighted by atomic mass is 10.2. The van der Waals surface area contributed by atoms with Crippen LogP contribution in [0.4, 0.5) is 11.4 Å². The summed E-state index contributed by atoms with van der Waals surface area (Å²) in [6.07, 6.45) is 0.0900. The molecule has 148 valence electrons. The Hall–Kier alpha value is -3.07. The topological polar surface area (TPSA) is 110 Å². The molecule has 8 nitrogen and oxygen atoms in total. The summed E-state index contributed by atoms with van der Waals surface area (Å²) < 4.78 is 32.4. The number of hydrogen-bond donors (Lipinski definition) is 2. The molecule has 3 aromatic rings. The number of oxazole rings is 1. The van der Waals surface area contributed by atoms with Gasteiger partial charge in [0.05, 0.1) is 17.0 Å². The predicted octanol–water partition coefficient (Wildman–Crippen LogP) is 2.69. The largest absolute Gasteiger partial charge is 0.419 e. The first-order valence-electron chi connectivity index (χ1n) is 8.78. The van der Waals surface area contributed by atoms with Crippen LogP contribution in [0.3, 0.4) is 0 Å². The molecule has 1 heterocycles. The van der Waals surface area contributed by atoms with Crippen LogP contribution in [0.25, 0.3) is 11.1 Å². The van der Waals surface area contributed by atoms with E-state index >= 15 is 0 Å². The zero-order chi connectivity index (χ0) is 20.3. The number of nitrogens with one attached hydrogen (secondary N) is 2. The van der Waals surface area contributed by atoms with Crippen molar-refractivity contribution in [3.63, 3.8) is 0 Å². The minimum absolute atomic E-state index is 0.0208. The quantitative estimate of drug-likeness (QED) is 0.630. The van der Waals surface area contributed by atoms with Gasteiger partial charge in [0.2, 0.25) is 15.9 Å². The fraction of sp³-hybridized carbons (Fsp3) is 0.263. The van der Waals surface area contributed by atoms with Crippen molar-refractivity contribution >= 4 is 38.4 Å². The molecule has 0 spiro atoms. The molecule has 0 atom stereocenters. The zero-order valence-electron chi connectivity index (χ0n) is 15.6.